The number of amides is 2. The summed E-state index contributed by atoms with van der Waals surface area (Å²) in [5, 5.41) is 2.99. The topological polar surface area (TPSA) is 78.7 Å². The standard InChI is InChI=1S/C17H26N4O2/c1-2-14-5-3-4-6-15(14)19-16(22)13-20-9-11-21(12-10-20)17(23)7-8-18/h3-6H,2,7-13,18H2,1H3,(H,19,22). The lowest BCUT2D eigenvalue weighted by Gasteiger charge is -2.34. The second-order valence-electron chi connectivity index (χ2n) is 5.75. The number of para-hydroxylation sites is 1. The summed E-state index contributed by atoms with van der Waals surface area (Å²) in [6.45, 7) is 5.59. The van der Waals surface area contributed by atoms with Crippen LogP contribution in [0.1, 0.15) is 18.9 Å². The number of nitrogens with two attached hydrogens (primary N) is 1. The number of nitrogens with one attached hydrogen (secondary N) is 1. The Morgan fingerprint density at radius 3 is 2.52 bits per heavy atom. The molecule has 126 valence electrons. The SMILES string of the molecule is CCc1ccccc1NC(=O)CN1CCN(C(=O)CCN)CC1. The van der Waals surface area contributed by atoms with Gasteiger partial charge in [0.05, 0.1) is 6.54 Å². The summed E-state index contributed by atoms with van der Waals surface area (Å²) < 4.78 is 0. The summed E-state index contributed by atoms with van der Waals surface area (Å²) in [4.78, 5) is 27.9. The lowest BCUT2D eigenvalue weighted by molar-refractivity contribution is -0.132. The van der Waals surface area contributed by atoms with Crippen molar-refractivity contribution in [2.75, 3.05) is 44.6 Å². The number of carbonyl (C=O) groups excluding carboxylic acids is 2. The Morgan fingerprint density at radius 2 is 1.87 bits per heavy atom. The third-order valence-electron chi connectivity index (χ3n) is 4.12. The highest BCUT2D eigenvalue weighted by Crippen LogP contribution is 2.15. The van der Waals surface area contributed by atoms with Crippen molar-refractivity contribution in [2.45, 2.75) is 19.8 Å². The Balaban J connectivity index is 1.80. The van der Waals surface area contributed by atoms with Gasteiger partial charge in [0.2, 0.25) is 11.8 Å². The van der Waals surface area contributed by atoms with Gasteiger partial charge in [-0.1, -0.05) is 25.1 Å². The van der Waals surface area contributed by atoms with Crippen LogP contribution in [0.2, 0.25) is 0 Å². The van der Waals surface area contributed by atoms with Gasteiger partial charge in [-0.15, -0.1) is 0 Å². The molecule has 2 rings (SSSR count). The maximum Gasteiger partial charge on any atom is 0.238 e. The molecule has 6 nitrogen and oxygen atoms in total. The molecule has 0 unspecified atom stereocenters. The Labute approximate surface area is 137 Å². The zero-order chi connectivity index (χ0) is 16.7. The van der Waals surface area contributed by atoms with Gasteiger partial charge in [-0.25, -0.2) is 0 Å². The molecule has 0 bridgehead atoms. The van der Waals surface area contributed by atoms with Crippen LogP contribution in [-0.2, 0) is 16.0 Å². The van der Waals surface area contributed by atoms with Crippen LogP contribution in [0.3, 0.4) is 0 Å². The third kappa shape index (κ3) is 5.04. The van der Waals surface area contributed by atoms with Crippen LogP contribution in [-0.4, -0.2) is 60.9 Å². The number of carbonyl (C=O) groups is 2. The molecule has 6 heteroatoms. The van der Waals surface area contributed by atoms with Crippen LogP contribution >= 0.6 is 0 Å². The van der Waals surface area contributed by atoms with Gasteiger partial charge in [0.15, 0.2) is 0 Å². The van der Waals surface area contributed by atoms with Gasteiger partial charge in [0, 0.05) is 44.8 Å². The highest BCUT2D eigenvalue weighted by molar-refractivity contribution is 5.93. The molecule has 1 aromatic carbocycles. The summed E-state index contributed by atoms with van der Waals surface area (Å²) in [6.07, 6.45) is 1.28. The van der Waals surface area contributed by atoms with E-state index in [4.69, 9.17) is 5.73 Å². The van der Waals surface area contributed by atoms with Gasteiger partial charge >= 0.3 is 0 Å². The van der Waals surface area contributed by atoms with Crippen molar-refractivity contribution in [3.63, 3.8) is 0 Å². The van der Waals surface area contributed by atoms with E-state index in [1.807, 2.05) is 29.2 Å². The molecule has 23 heavy (non-hydrogen) atoms. The monoisotopic (exact) mass is 318 g/mol. The Kier molecular flexibility index (Phi) is 6.55. The molecule has 0 radical (unpaired) electrons. The number of piperazine rings is 1. The van der Waals surface area contributed by atoms with Crippen LogP contribution in [0.5, 0.6) is 0 Å². The van der Waals surface area contributed by atoms with Gasteiger partial charge in [0.1, 0.15) is 0 Å². The molecule has 0 aliphatic carbocycles. The second kappa shape index (κ2) is 8.64. The van der Waals surface area contributed by atoms with E-state index in [0.29, 0.717) is 32.6 Å². The Bertz CT molecular complexity index is 539. The molecule has 0 spiro atoms. The lowest BCUT2D eigenvalue weighted by atomic mass is 10.1. The molecular weight excluding hydrogens is 292 g/mol. The number of benzene rings is 1. The zero-order valence-electron chi connectivity index (χ0n) is 13.8. The van der Waals surface area contributed by atoms with E-state index in [9.17, 15) is 9.59 Å². The van der Waals surface area contributed by atoms with Crippen molar-refractivity contribution >= 4 is 17.5 Å². The van der Waals surface area contributed by atoms with Crippen LogP contribution < -0.4 is 11.1 Å². The van der Waals surface area contributed by atoms with Gasteiger partial charge in [-0.3, -0.25) is 14.5 Å². The van der Waals surface area contributed by atoms with Gasteiger partial charge in [0.25, 0.3) is 0 Å². The summed E-state index contributed by atoms with van der Waals surface area (Å²) >= 11 is 0. The largest absolute Gasteiger partial charge is 0.340 e. The number of hydrogen-bond acceptors (Lipinski definition) is 4. The Morgan fingerprint density at radius 1 is 1.17 bits per heavy atom. The molecular formula is C17H26N4O2. The van der Waals surface area contributed by atoms with Crippen LogP contribution in [0.25, 0.3) is 0 Å². The van der Waals surface area contributed by atoms with Crippen molar-refractivity contribution in [2.24, 2.45) is 5.73 Å². The first-order valence-electron chi connectivity index (χ1n) is 8.22. The van der Waals surface area contributed by atoms with Gasteiger partial charge < -0.3 is 16.0 Å². The fourth-order valence-corrected chi connectivity index (χ4v) is 2.78. The van der Waals surface area contributed by atoms with E-state index in [1.165, 1.54) is 0 Å². The number of nitrogens with zero attached hydrogens (tertiary/aromatic N) is 2. The summed E-state index contributed by atoms with van der Waals surface area (Å²) in [7, 11) is 0. The molecule has 3 N–H and O–H groups in total. The molecule has 1 saturated heterocycles. The number of hydrogen-bond donors (Lipinski definition) is 2. The van der Waals surface area contributed by atoms with E-state index >= 15 is 0 Å². The maximum atomic E-state index is 12.2. The minimum absolute atomic E-state index is 0.00682. The van der Waals surface area contributed by atoms with Gasteiger partial charge in [-0.05, 0) is 18.1 Å². The van der Waals surface area contributed by atoms with E-state index in [-0.39, 0.29) is 11.8 Å². The fourth-order valence-electron chi connectivity index (χ4n) is 2.78. The molecule has 0 aromatic heterocycles. The quantitative estimate of drug-likeness (QED) is 0.808. The third-order valence-corrected chi connectivity index (χ3v) is 4.12. The van der Waals surface area contributed by atoms with Crippen molar-refractivity contribution < 1.29 is 9.59 Å². The Hall–Kier alpha value is -1.92. The second-order valence-corrected chi connectivity index (χ2v) is 5.75. The first-order valence-corrected chi connectivity index (χ1v) is 8.22. The minimum Gasteiger partial charge on any atom is -0.340 e. The predicted octanol–water partition coefficient (Wildman–Crippen LogP) is 0.681. The van der Waals surface area contributed by atoms with Crippen LogP contribution in [0.15, 0.2) is 24.3 Å². The zero-order valence-corrected chi connectivity index (χ0v) is 13.8. The van der Waals surface area contributed by atoms with Crippen molar-refractivity contribution in [1.82, 2.24) is 9.80 Å². The summed E-state index contributed by atoms with van der Waals surface area (Å²) in [5.41, 5.74) is 7.44. The first-order chi connectivity index (χ1) is 11.1. The summed E-state index contributed by atoms with van der Waals surface area (Å²) in [6, 6.07) is 7.86. The fraction of sp³-hybridized carbons (Fsp3) is 0.529. The molecule has 1 aliphatic rings. The molecule has 1 aromatic rings. The van der Waals surface area contributed by atoms with E-state index in [1.54, 1.807) is 0 Å². The summed E-state index contributed by atoms with van der Waals surface area (Å²) in [5.74, 6) is 0.0982. The van der Waals surface area contributed by atoms with E-state index < -0.39 is 0 Å². The lowest BCUT2D eigenvalue weighted by Crippen LogP contribution is -2.50. The van der Waals surface area contributed by atoms with Crippen LogP contribution in [0, 0.1) is 0 Å². The average molecular weight is 318 g/mol. The number of rotatable bonds is 6. The molecule has 1 aliphatic heterocycles. The normalized spacial score (nSPS) is 15.5. The smallest absolute Gasteiger partial charge is 0.238 e. The highest BCUT2D eigenvalue weighted by atomic mass is 16.2. The predicted molar refractivity (Wildman–Crippen MR) is 91.1 cm³/mol. The van der Waals surface area contributed by atoms with Gasteiger partial charge in [-0.2, -0.15) is 0 Å². The van der Waals surface area contributed by atoms with Crippen LogP contribution in [0.4, 0.5) is 5.69 Å². The average Bonchev–Trinajstić information content (AvgIpc) is 2.56. The van der Waals surface area contributed by atoms with Crippen molar-refractivity contribution in [1.29, 1.82) is 0 Å². The molecule has 0 atom stereocenters. The van der Waals surface area contributed by atoms with E-state index in [2.05, 4.69) is 17.1 Å². The highest BCUT2D eigenvalue weighted by Gasteiger charge is 2.21. The number of anilines is 1. The molecule has 1 fully saturated rings. The van der Waals surface area contributed by atoms with Crippen molar-refractivity contribution in [3.8, 4) is 0 Å². The molecule has 2 amide bonds. The molecule has 0 saturated carbocycles. The maximum absolute atomic E-state index is 12.2. The minimum atomic E-state index is -0.00682. The van der Waals surface area contributed by atoms with Crippen molar-refractivity contribution in [3.05, 3.63) is 29.8 Å². The first kappa shape index (κ1) is 17.4. The molecule has 1 heterocycles. The van der Waals surface area contributed by atoms with E-state index in [0.717, 1.165) is 30.8 Å². The number of aryl methyl sites for hydroxylation is 1.